The zero-order valence-corrected chi connectivity index (χ0v) is 12.9. The van der Waals surface area contributed by atoms with Crippen LogP contribution in [0.25, 0.3) is 0 Å². The molecular weight excluding hydrogens is 222 g/mol. The van der Waals surface area contributed by atoms with Crippen LogP contribution < -0.4 is 5.32 Å². The molecule has 1 aliphatic carbocycles. The van der Waals surface area contributed by atoms with Crippen LogP contribution in [-0.4, -0.2) is 25.8 Å². The molecule has 1 saturated carbocycles. The third-order valence-corrected chi connectivity index (χ3v) is 4.41. The maximum Gasteiger partial charge on any atom is 0.0625 e. The lowest BCUT2D eigenvalue weighted by Gasteiger charge is -2.34. The Bertz CT molecular complexity index is 197. The molecule has 1 fully saturated rings. The summed E-state index contributed by atoms with van der Waals surface area (Å²) in [4.78, 5) is 0. The number of rotatable bonds is 8. The van der Waals surface area contributed by atoms with Crippen molar-refractivity contribution < 1.29 is 4.74 Å². The van der Waals surface area contributed by atoms with Crippen molar-refractivity contribution in [2.75, 3.05) is 13.7 Å². The highest BCUT2D eigenvalue weighted by Crippen LogP contribution is 2.33. The third kappa shape index (κ3) is 5.71. The van der Waals surface area contributed by atoms with Crippen molar-refractivity contribution in [3.8, 4) is 0 Å². The summed E-state index contributed by atoms with van der Waals surface area (Å²) in [5.74, 6) is 1.83. The van der Waals surface area contributed by atoms with Gasteiger partial charge >= 0.3 is 0 Å². The molecule has 1 atom stereocenters. The topological polar surface area (TPSA) is 21.3 Å². The van der Waals surface area contributed by atoms with Crippen LogP contribution in [0, 0.1) is 11.8 Å². The van der Waals surface area contributed by atoms with Gasteiger partial charge in [0.15, 0.2) is 0 Å². The molecule has 0 saturated heterocycles. The molecule has 0 amide bonds. The smallest absolute Gasteiger partial charge is 0.0625 e. The minimum absolute atomic E-state index is 0.349. The molecule has 2 heteroatoms. The lowest BCUT2D eigenvalue weighted by atomic mass is 9.77. The van der Waals surface area contributed by atoms with Gasteiger partial charge in [0.05, 0.1) is 12.7 Å². The Balaban J connectivity index is 2.26. The van der Waals surface area contributed by atoms with Crippen molar-refractivity contribution in [2.45, 2.75) is 77.9 Å². The molecule has 1 unspecified atom stereocenters. The number of unbranched alkanes of at least 4 members (excludes halogenated alkanes) is 1. The fraction of sp³-hybridized carbons (Fsp3) is 1.00. The van der Waals surface area contributed by atoms with Gasteiger partial charge in [-0.2, -0.15) is 0 Å². The Labute approximate surface area is 114 Å². The van der Waals surface area contributed by atoms with E-state index < -0.39 is 0 Å². The van der Waals surface area contributed by atoms with E-state index in [0.717, 1.165) is 18.4 Å². The number of ether oxygens (including phenoxy) is 1. The van der Waals surface area contributed by atoms with E-state index in [0.29, 0.717) is 12.1 Å². The van der Waals surface area contributed by atoms with Crippen LogP contribution in [0.3, 0.4) is 0 Å². The lowest BCUT2D eigenvalue weighted by Crippen LogP contribution is -2.40. The summed E-state index contributed by atoms with van der Waals surface area (Å²) in [5, 5.41) is 3.46. The number of nitrogens with one attached hydrogen (secondary N) is 1. The average molecular weight is 255 g/mol. The summed E-state index contributed by atoms with van der Waals surface area (Å²) in [6.07, 6.45) is 10.2. The van der Waals surface area contributed by atoms with Crippen LogP contribution in [0.4, 0.5) is 0 Å². The molecule has 0 heterocycles. The van der Waals surface area contributed by atoms with E-state index in [1.165, 1.54) is 44.9 Å². The van der Waals surface area contributed by atoms with Crippen LogP contribution in [0.15, 0.2) is 0 Å². The van der Waals surface area contributed by atoms with E-state index in [-0.39, 0.29) is 0 Å². The second kappa shape index (κ2) is 8.92. The van der Waals surface area contributed by atoms with Gasteiger partial charge in [0.25, 0.3) is 0 Å². The molecule has 0 bridgehead atoms. The minimum Gasteiger partial charge on any atom is -0.377 e. The Morgan fingerprint density at radius 1 is 1.17 bits per heavy atom. The minimum atomic E-state index is 0.349. The Hall–Kier alpha value is -0.0800. The fourth-order valence-corrected chi connectivity index (χ4v) is 3.12. The molecule has 18 heavy (non-hydrogen) atoms. The molecule has 0 aromatic rings. The number of hydrogen-bond donors (Lipinski definition) is 1. The summed E-state index contributed by atoms with van der Waals surface area (Å²) in [6, 6.07) is 0.555. The Morgan fingerprint density at radius 3 is 2.33 bits per heavy atom. The van der Waals surface area contributed by atoms with E-state index in [4.69, 9.17) is 4.74 Å². The molecule has 0 aliphatic heterocycles. The molecular formula is C16H33NO. The zero-order chi connectivity index (χ0) is 13.4. The van der Waals surface area contributed by atoms with Crippen LogP contribution in [-0.2, 0) is 4.74 Å². The molecule has 108 valence electrons. The molecule has 1 rings (SSSR count). The number of likely N-dealkylation sites (N-methyl/N-ethyl adjacent to an activating group) is 1. The van der Waals surface area contributed by atoms with Gasteiger partial charge in [0.2, 0.25) is 0 Å². The largest absolute Gasteiger partial charge is 0.377 e. The van der Waals surface area contributed by atoms with Gasteiger partial charge in [-0.15, -0.1) is 0 Å². The highest BCUT2D eigenvalue weighted by molar-refractivity contribution is 4.81. The maximum absolute atomic E-state index is 5.78. The van der Waals surface area contributed by atoms with Crippen LogP contribution in [0.1, 0.15) is 65.7 Å². The van der Waals surface area contributed by atoms with Crippen molar-refractivity contribution >= 4 is 0 Å². The maximum atomic E-state index is 5.78. The van der Waals surface area contributed by atoms with Gasteiger partial charge in [0.1, 0.15) is 0 Å². The standard InChI is InChI=1S/C16H33NO/c1-5-6-7-14-8-10-15(11-9-14)16(17-4)12-18-13(2)3/h13-17H,5-12H2,1-4H3. The van der Waals surface area contributed by atoms with Gasteiger partial charge in [-0.3, -0.25) is 0 Å². The molecule has 0 spiro atoms. The second-order valence-electron chi connectivity index (χ2n) is 6.20. The zero-order valence-electron chi connectivity index (χ0n) is 12.9. The molecule has 2 nitrogen and oxygen atoms in total. The molecule has 0 aromatic carbocycles. The highest BCUT2D eigenvalue weighted by atomic mass is 16.5. The van der Waals surface area contributed by atoms with Gasteiger partial charge in [-0.1, -0.05) is 39.0 Å². The van der Waals surface area contributed by atoms with Crippen molar-refractivity contribution in [1.82, 2.24) is 5.32 Å². The quantitative estimate of drug-likeness (QED) is 0.708. The Morgan fingerprint density at radius 2 is 1.83 bits per heavy atom. The van der Waals surface area contributed by atoms with Gasteiger partial charge < -0.3 is 10.1 Å². The van der Waals surface area contributed by atoms with E-state index in [1.54, 1.807) is 0 Å². The van der Waals surface area contributed by atoms with E-state index in [1.807, 2.05) is 0 Å². The summed E-state index contributed by atoms with van der Waals surface area (Å²) in [6.45, 7) is 7.41. The van der Waals surface area contributed by atoms with Gasteiger partial charge in [-0.05, 0) is 45.6 Å². The van der Waals surface area contributed by atoms with Crippen LogP contribution in [0.2, 0.25) is 0 Å². The normalized spacial score (nSPS) is 26.5. The van der Waals surface area contributed by atoms with Gasteiger partial charge in [0, 0.05) is 6.04 Å². The van der Waals surface area contributed by atoms with Crippen molar-refractivity contribution in [2.24, 2.45) is 11.8 Å². The first-order valence-corrected chi connectivity index (χ1v) is 7.96. The molecule has 1 N–H and O–H groups in total. The first-order valence-electron chi connectivity index (χ1n) is 7.96. The molecule has 0 aromatic heterocycles. The molecule has 1 aliphatic rings. The first-order chi connectivity index (χ1) is 8.67. The van der Waals surface area contributed by atoms with Crippen molar-refractivity contribution in [3.05, 3.63) is 0 Å². The third-order valence-electron chi connectivity index (χ3n) is 4.41. The fourth-order valence-electron chi connectivity index (χ4n) is 3.12. The van der Waals surface area contributed by atoms with Crippen molar-refractivity contribution in [1.29, 1.82) is 0 Å². The lowest BCUT2D eigenvalue weighted by molar-refractivity contribution is 0.0419. The summed E-state index contributed by atoms with van der Waals surface area (Å²) in [5.41, 5.74) is 0. The van der Waals surface area contributed by atoms with E-state index in [2.05, 4.69) is 33.1 Å². The average Bonchev–Trinajstić information content (AvgIpc) is 2.38. The van der Waals surface area contributed by atoms with Crippen LogP contribution >= 0.6 is 0 Å². The predicted molar refractivity (Wildman–Crippen MR) is 78.9 cm³/mol. The summed E-state index contributed by atoms with van der Waals surface area (Å²) in [7, 11) is 2.08. The highest BCUT2D eigenvalue weighted by Gasteiger charge is 2.26. The van der Waals surface area contributed by atoms with Crippen molar-refractivity contribution in [3.63, 3.8) is 0 Å². The molecule has 0 radical (unpaired) electrons. The summed E-state index contributed by atoms with van der Waals surface area (Å²) >= 11 is 0. The Kier molecular flexibility index (Phi) is 7.92. The van der Waals surface area contributed by atoms with E-state index >= 15 is 0 Å². The first kappa shape index (κ1) is 16.0. The van der Waals surface area contributed by atoms with Gasteiger partial charge in [-0.25, -0.2) is 0 Å². The predicted octanol–water partition coefficient (Wildman–Crippen LogP) is 4.00. The number of hydrogen-bond acceptors (Lipinski definition) is 2. The SMILES string of the molecule is CCCCC1CCC(C(COC(C)C)NC)CC1. The summed E-state index contributed by atoms with van der Waals surface area (Å²) < 4.78 is 5.78. The second-order valence-corrected chi connectivity index (χ2v) is 6.20. The van der Waals surface area contributed by atoms with E-state index in [9.17, 15) is 0 Å². The van der Waals surface area contributed by atoms with Crippen LogP contribution in [0.5, 0.6) is 0 Å². The monoisotopic (exact) mass is 255 g/mol.